The van der Waals surface area contributed by atoms with Crippen LogP contribution in [0.1, 0.15) is 15.9 Å². The van der Waals surface area contributed by atoms with Crippen molar-refractivity contribution < 1.29 is 9.53 Å². The van der Waals surface area contributed by atoms with Crippen molar-refractivity contribution in [3.05, 3.63) is 53.9 Å². The highest BCUT2D eigenvalue weighted by molar-refractivity contribution is 7.22. The van der Waals surface area contributed by atoms with E-state index in [-0.39, 0.29) is 5.91 Å². The Kier molecular flexibility index (Phi) is 5.61. The molecule has 2 aromatic carbocycles. The van der Waals surface area contributed by atoms with Crippen LogP contribution in [0, 0.1) is 6.92 Å². The van der Waals surface area contributed by atoms with Gasteiger partial charge in [0.25, 0.3) is 5.91 Å². The lowest BCUT2D eigenvalue weighted by molar-refractivity contribution is 0.0985. The molecule has 0 aliphatic carbocycles. The van der Waals surface area contributed by atoms with Crippen molar-refractivity contribution in [3.8, 4) is 5.75 Å². The third kappa shape index (κ3) is 3.83. The van der Waals surface area contributed by atoms with E-state index in [1.54, 1.807) is 36.5 Å². The van der Waals surface area contributed by atoms with Crippen LogP contribution >= 0.6 is 11.3 Å². The van der Waals surface area contributed by atoms with Crippen molar-refractivity contribution in [2.24, 2.45) is 0 Å². The number of methoxy groups -OCH3 is 1. The van der Waals surface area contributed by atoms with Crippen molar-refractivity contribution in [2.75, 3.05) is 39.2 Å². The first-order valence-corrected chi connectivity index (χ1v) is 10.4. The van der Waals surface area contributed by atoms with Gasteiger partial charge in [-0.05, 0) is 50.8 Å². The van der Waals surface area contributed by atoms with Crippen LogP contribution in [0.4, 0.5) is 5.13 Å². The van der Waals surface area contributed by atoms with E-state index < -0.39 is 0 Å². The van der Waals surface area contributed by atoms with Crippen molar-refractivity contribution in [1.82, 2.24) is 19.9 Å². The Morgan fingerprint density at radius 3 is 2.57 bits per heavy atom. The predicted octanol–water partition coefficient (Wildman–Crippen LogP) is 3.76. The first-order chi connectivity index (χ1) is 14.5. The number of nitrogens with zero attached hydrogens (tertiary/aromatic N) is 5. The average Bonchev–Trinajstić information content (AvgIpc) is 3.19. The highest BCUT2D eigenvalue weighted by atomic mass is 32.1. The maximum Gasteiger partial charge on any atom is 0.260 e. The number of hydrogen-bond acceptors (Lipinski definition) is 7. The summed E-state index contributed by atoms with van der Waals surface area (Å²) in [4.78, 5) is 30.7. The summed E-state index contributed by atoms with van der Waals surface area (Å²) in [6.07, 6.45) is 3.27. The molecule has 0 bridgehead atoms. The topological polar surface area (TPSA) is 71.5 Å². The van der Waals surface area contributed by atoms with Crippen LogP contribution in [0.5, 0.6) is 5.75 Å². The van der Waals surface area contributed by atoms with Crippen LogP contribution in [-0.4, -0.2) is 60.1 Å². The molecule has 4 rings (SSSR count). The highest BCUT2D eigenvalue weighted by Gasteiger charge is 2.23. The van der Waals surface area contributed by atoms with Crippen LogP contribution in [0.15, 0.2) is 42.7 Å². The van der Waals surface area contributed by atoms with E-state index in [0.717, 1.165) is 21.3 Å². The minimum Gasteiger partial charge on any atom is -0.494 e. The molecule has 0 unspecified atom stereocenters. The molecule has 0 saturated heterocycles. The van der Waals surface area contributed by atoms with E-state index in [2.05, 4.69) is 9.97 Å². The number of likely N-dealkylation sites (N-methyl/N-ethyl adjacent to an activating group) is 1. The zero-order valence-electron chi connectivity index (χ0n) is 17.4. The van der Waals surface area contributed by atoms with E-state index in [9.17, 15) is 4.79 Å². The molecule has 0 aliphatic rings. The molecule has 1 amide bonds. The second-order valence-electron chi connectivity index (χ2n) is 7.28. The summed E-state index contributed by atoms with van der Waals surface area (Å²) in [5.74, 6) is 0.596. The van der Waals surface area contributed by atoms with E-state index >= 15 is 0 Å². The fraction of sp³-hybridized carbons (Fsp3) is 0.273. The normalized spacial score (nSPS) is 11.4. The van der Waals surface area contributed by atoms with Crippen molar-refractivity contribution >= 4 is 43.6 Å². The summed E-state index contributed by atoms with van der Waals surface area (Å²) >= 11 is 1.51. The molecule has 0 aliphatic heterocycles. The number of anilines is 1. The van der Waals surface area contributed by atoms with Crippen LogP contribution in [0.3, 0.4) is 0 Å². The van der Waals surface area contributed by atoms with Crippen LogP contribution in [0.25, 0.3) is 21.3 Å². The molecule has 0 radical (unpaired) electrons. The number of benzene rings is 2. The number of thiazole rings is 1. The highest BCUT2D eigenvalue weighted by Crippen LogP contribution is 2.36. The standard InChI is InChI=1S/C22H23N5O2S/c1-14-5-8-18(29-4)19-20(14)30-22(25-19)27(12-11-26(2)3)21(28)15-6-7-16-17(13-15)24-10-9-23-16/h5-10,13H,11-12H2,1-4H3. The van der Waals surface area contributed by atoms with Gasteiger partial charge in [-0.25, -0.2) is 4.98 Å². The van der Waals surface area contributed by atoms with E-state index in [4.69, 9.17) is 9.72 Å². The number of carbonyl (C=O) groups is 1. The molecule has 0 spiro atoms. The summed E-state index contributed by atoms with van der Waals surface area (Å²) in [7, 11) is 5.60. The van der Waals surface area contributed by atoms with E-state index in [1.807, 2.05) is 44.1 Å². The van der Waals surface area contributed by atoms with Crippen molar-refractivity contribution in [1.29, 1.82) is 0 Å². The van der Waals surface area contributed by atoms with Gasteiger partial charge in [0, 0.05) is 31.0 Å². The third-order valence-electron chi connectivity index (χ3n) is 4.88. The van der Waals surface area contributed by atoms with Gasteiger partial charge in [-0.1, -0.05) is 17.4 Å². The lowest BCUT2D eigenvalue weighted by Crippen LogP contribution is -2.36. The quantitative estimate of drug-likeness (QED) is 0.472. The van der Waals surface area contributed by atoms with Crippen molar-refractivity contribution in [3.63, 3.8) is 0 Å². The summed E-state index contributed by atoms with van der Waals surface area (Å²) in [6, 6.07) is 9.32. The fourth-order valence-electron chi connectivity index (χ4n) is 3.21. The van der Waals surface area contributed by atoms with Gasteiger partial charge >= 0.3 is 0 Å². The molecule has 4 aromatic rings. The van der Waals surface area contributed by atoms with Gasteiger partial charge in [-0.3, -0.25) is 19.7 Å². The van der Waals surface area contributed by atoms with Gasteiger partial charge in [0.2, 0.25) is 0 Å². The molecule has 154 valence electrons. The van der Waals surface area contributed by atoms with Gasteiger partial charge in [0.05, 0.1) is 22.8 Å². The van der Waals surface area contributed by atoms with Gasteiger partial charge in [-0.15, -0.1) is 0 Å². The SMILES string of the molecule is COc1ccc(C)c2sc(N(CCN(C)C)C(=O)c3ccc4nccnc4c3)nc12. The monoisotopic (exact) mass is 421 g/mol. The Morgan fingerprint density at radius 1 is 1.07 bits per heavy atom. The lowest BCUT2D eigenvalue weighted by Gasteiger charge is -2.22. The zero-order chi connectivity index (χ0) is 21.3. The average molecular weight is 422 g/mol. The number of carbonyl (C=O) groups excluding carboxylic acids is 1. The molecule has 2 aromatic heterocycles. The Morgan fingerprint density at radius 2 is 1.83 bits per heavy atom. The van der Waals surface area contributed by atoms with Crippen LogP contribution in [0.2, 0.25) is 0 Å². The van der Waals surface area contributed by atoms with Gasteiger partial charge in [0.1, 0.15) is 11.3 Å². The third-order valence-corrected chi connectivity index (χ3v) is 6.09. The molecule has 7 nitrogen and oxygen atoms in total. The Balaban J connectivity index is 1.78. The summed E-state index contributed by atoms with van der Waals surface area (Å²) < 4.78 is 6.51. The predicted molar refractivity (Wildman–Crippen MR) is 121 cm³/mol. The lowest BCUT2D eigenvalue weighted by atomic mass is 10.1. The summed E-state index contributed by atoms with van der Waals surface area (Å²) in [5.41, 5.74) is 3.90. The Hall–Kier alpha value is -3.10. The molecule has 2 heterocycles. The molecular formula is C22H23N5O2S. The maximum atomic E-state index is 13.5. The van der Waals surface area contributed by atoms with Crippen LogP contribution < -0.4 is 9.64 Å². The number of aromatic nitrogens is 3. The van der Waals surface area contributed by atoms with E-state index in [1.165, 1.54) is 11.3 Å². The molecule has 0 N–H and O–H groups in total. The molecular weight excluding hydrogens is 398 g/mol. The molecule has 8 heteroatoms. The van der Waals surface area contributed by atoms with Gasteiger partial charge < -0.3 is 9.64 Å². The second-order valence-corrected chi connectivity index (χ2v) is 8.26. The second kappa shape index (κ2) is 8.33. The van der Waals surface area contributed by atoms with Crippen LogP contribution in [-0.2, 0) is 0 Å². The molecule has 0 fully saturated rings. The summed E-state index contributed by atoms with van der Waals surface area (Å²) in [5, 5.41) is 0.656. The number of hydrogen-bond donors (Lipinski definition) is 0. The van der Waals surface area contributed by atoms with E-state index in [0.29, 0.717) is 35.1 Å². The number of amides is 1. The van der Waals surface area contributed by atoms with Gasteiger partial charge in [-0.2, -0.15) is 0 Å². The maximum absolute atomic E-state index is 13.5. The van der Waals surface area contributed by atoms with Crippen molar-refractivity contribution in [2.45, 2.75) is 6.92 Å². The number of aryl methyl sites for hydroxylation is 1. The summed E-state index contributed by atoms with van der Waals surface area (Å²) in [6.45, 7) is 3.27. The zero-order valence-corrected chi connectivity index (χ0v) is 18.2. The van der Waals surface area contributed by atoms with Gasteiger partial charge in [0.15, 0.2) is 5.13 Å². The molecule has 30 heavy (non-hydrogen) atoms. The first-order valence-electron chi connectivity index (χ1n) is 9.59. The number of fused-ring (bicyclic) bond motifs is 2. The largest absolute Gasteiger partial charge is 0.494 e. The Bertz CT molecular complexity index is 1220. The molecule has 0 atom stereocenters. The minimum atomic E-state index is -0.111. The molecule has 0 saturated carbocycles. The number of ether oxygens (including phenoxy) is 1. The fourth-order valence-corrected chi connectivity index (χ4v) is 4.29. The first kappa shape index (κ1) is 20.2. The minimum absolute atomic E-state index is 0.111. The smallest absolute Gasteiger partial charge is 0.260 e. The Labute approximate surface area is 179 Å². The number of rotatable bonds is 6.